The Morgan fingerprint density at radius 2 is 2.42 bits per heavy atom. The second-order valence-corrected chi connectivity index (χ2v) is 5.74. The molecule has 7 heteroatoms. The van der Waals surface area contributed by atoms with Crippen LogP contribution in [0.5, 0.6) is 0 Å². The van der Waals surface area contributed by atoms with E-state index < -0.39 is 0 Å². The van der Waals surface area contributed by atoms with Gasteiger partial charge in [0.2, 0.25) is 0 Å². The zero-order valence-electron chi connectivity index (χ0n) is 10.9. The molecule has 1 saturated heterocycles. The first-order valence-electron chi connectivity index (χ1n) is 6.02. The lowest BCUT2D eigenvalue weighted by molar-refractivity contribution is 0.0727. The summed E-state index contributed by atoms with van der Waals surface area (Å²) in [6.07, 6.45) is 2.34. The number of hydrogen-bond donors (Lipinski definition) is 3. The maximum absolute atomic E-state index is 12.4. The van der Waals surface area contributed by atoms with Gasteiger partial charge in [0.15, 0.2) is 5.82 Å². The minimum absolute atomic E-state index is 0.0224. The van der Waals surface area contributed by atoms with Crippen molar-refractivity contribution >= 4 is 27.7 Å². The first-order valence-corrected chi connectivity index (χ1v) is 6.82. The van der Waals surface area contributed by atoms with Crippen molar-refractivity contribution in [2.75, 3.05) is 12.0 Å². The van der Waals surface area contributed by atoms with Gasteiger partial charge < -0.3 is 15.5 Å². The van der Waals surface area contributed by atoms with Crippen molar-refractivity contribution < 1.29 is 9.53 Å². The third-order valence-electron chi connectivity index (χ3n) is 3.52. The molecule has 1 aliphatic heterocycles. The summed E-state index contributed by atoms with van der Waals surface area (Å²) in [6, 6.07) is 1.68. The summed E-state index contributed by atoms with van der Waals surface area (Å²) >= 11 is 3.30. The van der Waals surface area contributed by atoms with Crippen molar-refractivity contribution in [2.45, 2.75) is 31.9 Å². The van der Waals surface area contributed by atoms with E-state index in [-0.39, 0.29) is 17.6 Å². The van der Waals surface area contributed by atoms with Gasteiger partial charge in [-0.05, 0) is 42.3 Å². The fourth-order valence-corrected chi connectivity index (χ4v) is 2.38. The summed E-state index contributed by atoms with van der Waals surface area (Å²) in [5.74, 6) is 5.50. The lowest BCUT2D eigenvalue weighted by atomic mass is 9.94. The second-order valence-electron chi connectivity index (χ2n) is 4.83. The molecular formula is C12H17BrN4O2. The number of hydrogen-bond acceptors (Lipinski definition) is 5. The molecule has 1 aromatic rings. The summed E-state index contributed by atoms with van der Waals surface area (Å²) in [5.41, 5.74) is 2.46. The number of hydrazine groups is 1. The van der Waals surface area contributed by atoms with Crippen LogP contribution in [-0.4, -0.2) is 29.1 Å². The van der Waals surface area contributed by atoms with E-state index in [1.165, 1.54) is 0 Å². The Bertz CT molecular complexity index is 497. The van der Waals surface area contributed by atoms with Crippen LogP contribution >= 0.6 is 15.9 Å². The highest BCUT2D eigenvalue weighted by Gasteiger charge is 2.38. The first-order chi connectivity index (χ1) is 8.96. The molecule has 1 aliphatic rings. The highest BCUT2D eigenvalue weighted by Crippen LogP contribution is 2.26. The van der Waals surface area contributed by atoms with E-state index in [1.807, 2.05) is 13.8 Å². The van der Waals surface area contributed by atoms with E-state index in [4.69, 9.17) is 10.6 Å². The Morgan fingerprint density at radius 1 is 1.68 bits per heavy atom. The van der Waals surface area contributed by atoms with Crippen LogP contribution in [0.3, 0.4) is 0 Å². The molecule has 0 bridgehead atoms. The largest absolute Gasteiger partial charge is 0.376 e. The summed E-state index contributed by atoms with van der Waals surface area (Å²) in [6.45, 7) is 4.58. The number of carbonyl (C=O) groups is 1. The number of pyridine rings is 1. The molecule has 19 heavy (non-hydrogen) atoms. The standard InChI is InChI=1S/C12H17BrN4O2/c1-7-12(2,3-4-19-7)16-11(18)9-5-8(13)6-15-10(9)17-14/h5-7H,3-4,14H2,1-2H3,(H,15,17)(H,16,18). The maximum Gasteiger partial charge on any atom is 0.255 e. The second kappa shape index (κ2) is 5.44. The average molecular weight is 329 g/mol. The van der Waals surface area contributed by atoms with Crippen LogP contribution in [0, 0.1) is 0 Å². The molecule has 2 unspecified atom stereocenters. The van der Waals surface area contributed by atoms with Crippen molar-refractivity contribution in [3.05, 3.63) is 22.3 Å². The fraction of sp³-hybridized carbons (Fsp3) is 0.500. The van der Waals surface area contributed by atoms with Gasteiger partial charge in [-0.3, -0.25) is 4.79 Å². The zero-order chi connectivity index (χ0) is 14.0. The van der Waals surface area contributed by atoms with Crippen LogP contribution in [0.1, 0.15) is 30.6 Å². The van der Waals surface area contributed by atoms with E-state index in [1.54, 1.807) is 12.3 Å². The predicted molar refractivity (Wildman–Crippen MR) is 75.6 cm³/mol. The predicted octanol–water partition coefficient (Wildman–Crippen LogP) is 1.43. The van der Waals surface area contributed by atoms with Gasteiger partial charge in [0.05, 0.1) is 17.2 Å². The van der Waals surface area contributed by atoms with E-state index in [0.717, 1.165) is 10.9 Å². The Morgan fingerprint density at radius 3 is 3.00 bits per heavy atom. The van der Waals surface area contributed by atoms with E-state index >= 15 is 0 Å². The Hall–Kier alpha value is -1.18. The molecule has 2 heterocycles. The molecule has 6 nitrogen and oxygen atoms in total. The fourth-order valence-electron chi connectivity index (χ4n) is 2.05. The van der Waals surface area contributed by atoms with Crippen molar-refractivity contribution in [3.63, 3.8) is 0 Å². The highest BCUT2D eigenvalue weighted by atomic mass is 79.9. The van der Waals surface area contributed by atoms with Crippen LogP contribution < -0.4 is 16.6 Å². The number of nitrogens with two attached hydrogens (primary N) is 1. The monoisotopic (exact) mass is 328 g/mol. The molecule has 0 radical (unpaired) electrons. The van der Waals surface area contributed by atoms with Crippen LogP contribution in [0.15, 0.2) is 16.7 Å². The molecule has 0 spiro atoms. The van der Waals surface area contributed by atoms with E-state index in [0.29, 0.717) is 18.0 Å². The molecule has 0 aliphatic carbocycles. The number of halogens is 1. The van der Waals surface area contributed by atoms with Crippen molar-refractivity contribution in [2.24, 2.45) is 5.84 Å². The molecule has 1 fully saturated rings. The summed E-state index contributed by atoms with van der Waals surface area (Å²) in [7, 11) is 0. The van der Waals surface area contributed by atoms with E-state index in [9.17, 15) is 4.79 Å². The molecule has 2 atom stereocenters. The highest BCUT2D eigenvalue weighted by molar-refractivity contribution is 9.10. The van der Waals surface area contributed by atoms with Gasteiger partial charge in [0.1, 0.15) is 0 Å². The van der Waals surface area contributed by atoms with Gasteiger partial charge in [-0.25, -0.2) is 10.8 Å². The minimum atomic E-state index is -0.370. The number of nitrogens with zero attached hydrogens (tertiary/aromatic N) is 1. The molecule has 4 N–H and O–H groups in total. The molecule has 2 rings (SSSR count). The third kappa shape index (κ3) is 2.88. The van der Waals surface area contributed by atoms with Gasteiger partial charge in [-0.15, -0.1) is 0 Å². The number of nitrogen functional groups attached to an aromatic ring is 1. The number of aromatic nitrogens is 1. The molecule has 0 saturated carbocycles. The molecule has 0 aromatic carbocycles. The Balaban J connectivity index is 2.22. The maximum atomic E-state index is 12.4. The van der Waals surface area contributed by atoms with Gasteiger partial charge in [0, 0.05) is 17.3 Å². The normalized spacial score (nSPS) is 26.2. The molecule has 104 valence electrons. The Labute approximate surface area is 120 Å². The Kier molecular flexibility index (Phi) is 4.07. The minimum Gasteiger partial charge on any atom is -0.376 e. The van der Waals surface area contributed by atoms with Crippen molar-refractivity contribution in [1.82, 2.24) is 10.3 Å². The number of carbonyl (C=O) groups excluding carboxylic acids is 1. The lowest BCUT2D eigenvalue weighted by Gasteiger charge is -2.29. The van der Waals surface area contributed by atoms with Crippen LogP contribution in [0.4, 0.5) is 5.82 Å². The number of nitrogens with one attached hydrogen (secondary N) is 2. The topological polar surface area (TPSA) is 89.3 Å². The molecule has 1 aromatic heterocycles. The van der Waals surface area contributed by atoms with Crippen molar-refractivity contribution in [1.29, 1.82) is 0 Å². The van der Waals surface area contributed by atoms with Gasteiger partial charge in [0.25, 0.3) is 5.91 Å². The molecule has 1 amide bonds. The average Bonchev–Trinajstić information content (AvgIpc) is 2.69. The summed E-state index contributed by atoms with van der Waals surface area (Å²) < 4.78 is 6.23. The van der Waals surface area contributed by atoms with E-state index in [2.05, 4.69) is 31.7 Å². The first kappa shape index (κ1) is 14.2. The van der Waals surface area contributed by atoms with Gasteiger partial charge >= 0.3 is 0 Å². The van der Waals surface area contributed by atoms with Gasteiger partial charge in [-0.1, -0.05) is 0 Å². The van der Waals surface area contributed by atoms with Gasteiger partial charge in [-0.2, -0.15) is 0 Å². The number of amides is 1. The number of anilines is 1. The SMILES string of the molecule is CC1OCCC1(C)NC(=O)c1cc(Br)cnc1NN. The van der Waals surface area contributed by atoms with Crippen LogP contribution in [-0.2, 0) is 4.74 Å². The molecular weight excluding hydrogens is 312 g/mol. The third-order valence-corrected chi connectivity index (χ3v) is 3.95. The number of rotatable bonds is 3. The summed E-state index contributed by atoms with van der Waals surface area (Å²) in [5, 5.41) is 3.00. The smallest absolute Gasteiger partial charge is 0.255 e. The zero-order valence-corrected chi connectivity index (χ0v) is 12.5. The van der Waals surface area contributed by atoms with Crippen molar-refractivity contribution in [3.8, 4) is 0 Å². The quantitative estimate of drug-likeness (QED) is 0.577. The van der Waals surface area contributed by atoms with Crippen LogP contribution in [0.25, 0.3) is 0 Å². The summed E-state index contributed by atoms with van der Waals surface area (Å²) in [4.78, 5) is 16.4. The lowest BCUT2D eigenvalue weighted by Crippen LogP contribution is -2.50. The van der Waals surface area contributed by atoms with Crippen LogP contribution in [0.2, 0.25) is 0 Å². The number of ether oxygens (including phenoxy) is 1.